The molecule has 2 aliphatic rings. The Labute approximate surface area is 117 Å². The van der Waals surface area contributed by atoms with Crippen LogP contribution in [-0.4, -0.2) is 54.0 Å². The van der Waals surface area contributed by atoms with Crippen molar-refractivity contribution < 1.29 is 4.79 Å². The average molecular weight is 267 g/mol. The summed E-state index contributed by atoms with van der Waals surface area (Å²) >= 11 is 0. The number of carbonyl (C=O) groups excluding carboxylic acids is 1. The van der Waals surface area contributed by atoms with Gasteiger partial charge in [0, 0.05) is 19.1 Å². The maximum atomic E-state index is 12.4. The van der Waals surface area contributed by atoms with Crippen LogP contribution in [-0.2, 0) is 4.79 Å². The van der Waals surface area contributed by atoms with Gasteiger partial charge in [-0.3, -0.25) is 9.69 Å². The van der Waals surface area contributed by atoms with Crippen molar-refractivity contribution in [3.05, 3.63) is 0 Å². The maximum absolute atomic E-state index is 12.4. The van der Waals surface area contributed by atoms with Crippen molar-refractivity contribution in [3.63, 3.8) is 0 Å². The molecule has 0 aliphatic carbocycles. The van der Waals surface area contributed by atoms with E-state index < -0.39 is 0 Å². The van der Waals surface area contributed by atoms with E-state index in [0.29, 0.717) is 12.0 Å². The van der Waals surface area contributed by atoms with Crippen LogP contribution >= 0.6 is 0 Å². The van der Waals surface area contributed by atoms with Gasteiger partial charge in [-0.2, -0.15) is 0 Å². The number of hydrogen-bond acceptors (Lipinski definition) is 3. The summed E-state index contributed by atoms with van der Waals surface area (Å²) < 4.78 is 0. The predicted molar refractivity (Wildman–Crippen MR) is 77.8 cm³/mol. The molecular formula is C15H29N3O. The van der Waals surface area contributed by atoms with Gasteiger partial charge in [-0.05, 0) is 51.1 Å². The summed E-state index contributed by atoms with van der Waals surface area (Å²) in [5.74, 6) is 0.649. The Morgan fingerprint density at radius 3 is 2.53 bits per heavy atom. The topological polar surface area (TPSA) is 49.6 Å². The van der Waals surface area contributed by atoms with Gasteiger partial charge in [0.2, 0.25) is 5.91 Å². The second-order valence-electron chi connectivity index (χ2n) is 6.56. The molecule has 2 saturated heterocycles. The van der Waals surface area contributed by atoms with E-state index in [1.165, 1.54) is 32.4 Å². The van der Waals surface area contributed by atoms with Gasteiger partial charge in [-0.15, -0.1) is 0 Å². The number of likely N-dealkylation sites (tertiary alicyclic amines) is 2. The fraction of sp³-hybridized carbons (Fsp3) is 0.933. The molecule has 0 aromatic rings. The van der Waals surface area contributed by atoms with Crippen LogP contribution in [0.3, 0.4) is 0 Å². The minimum atomic E-state index is -0.308. The van der Waals surface area contributed by atoms with Crippen molar-refractivity contribution in [1.82, 2.24) is 9.80 Å². The van der Waals surface area contributed by atoms with Gasteiger partial charge >= 0.3 is 0 Å². The molecule has 110 valence electrons. The molecule has 2 atom stereocenters. The highest BCUT2D eigenvalue weighted by Gasteiger charge is 2.31. The number of amides is 1. The lowest BCUT2D eigenvalue weighted by atomic mass is 10.00. The van der Waals surface area contributed by atoms with Gasteiger partial charge in [-0.1, -0.05) is 13.8 Å². The molecule has 1 unspecified atom stereocenters. The third-order valence-corrected chi connectivity index (χ3v) is 4.41. The summed E-state index contributed by atoms with van der Waals surface area (Å²) in [7, 11) is 0. The van der Waals surface area contributed by atoms with Gasteiger partial charge in [0.05, 0.1) is 6.04 Å². The second-order valence-corrected chi connectivity index (χ2v) is 6.56. The first-order chi connectivity index (χ1) is 9.08. The molecule has 4 nitrogen and oxygen atoms in total. The zero-order valence-electron chi connectivity index (χ0n) is 12.5. The maximum Gasteiger partial charge on any atom is 0.239 e. The van der Waals surface area contributed by atoms with Crippen LogP contribution in [0.1, 0.15) is 46.0 Å². The van der Waals surface area contributed by atoms with Crippen molar-refractivity contribution in [2.75, 3.05) is 26.2 Å². The molecule has 4 heteroatoms. The van der Waals surface area contributed by atoms with E-state index in [4.69, 9.17) is 5.73 Å². The monoisotopic (exact) mass is 267 g/mol. The van der Waals surface area contributed by atoms with Gasteiger partial charge in [0.1, 0.15) is 0 Å². The molecule has 0 aromatic heterocycles. The first-order valence-electron chi connectivity index (χ1n) is 7.86. The standard InChI is InChI=1S/C15H29N3O/c1-12(2)10-14(16)15(19)18-9-5-6-13(11-18)17-7-3-4-8-17/h12-14H,3-11,16H2,1-2H3/t13?,14-/m0/s1. The van der Waals surface area contributed by atoms with E-state index in [2.05, 4.69) is 18.7 Å². The van der Waals surface area contributed by atoms with E-state index >= 15 is 0 Å². The number of rotatable bonds is 4. The normalized spacial score (nSPS) is 26.9. The Hall–Kier alpha value is -0.610. The fourth-order valence-electron chi connectivity index (χ4n) is 3.40. The van der Waals surface area contributed by atoms with E-state index in [0.717, 1.165) is 25.9 Å². The Morgan fingerprint density at radius 1 is 1.21 bits per heavy atom. The molecule has 0 bridgehead atoms. The molecule has 0 radical (unpaired) electrons. The lowest BCUT2D eigenvalue weighted by molar-refractivity contribution is -0.135. The third-order valence-electron chi connectivity index (χ3n) is 4.41. The van der Waals surface area contributed by atoms with Crippen LogP contribution in [0.25, 0.3) is 0 Å². The molecule has 2 heterocycles. The van der Waals surface area contributed by atoms with Crippen LogP contribution in [0.4, 0.5) is 0 Å². The van der Waals surface area contributed by atoms with Gasteiger partial charge < -0.3 is 10.6 Å². The van der Waals surface area contributed by atoms with Crippen molar-refractivity contribution in [1.29, 1.82) is 0 Å². The Kier molecular flexibility index (Phi) is 5.22. The number of carbonyl (C=O) groups is 1. The number of nitrogens with zero attached hydrogens (tertiary/aromatic N) is 2. The van der Waals surface area contributed by atoms with E-state index in [9.17, 15) is 4.79 Å². The number of hydrogen-bond donors (Lipinski definition) is 1. The summed E-state index contributed by atoms with van der Waals surface area (Å²) in [5, 5.41) is 0. The molecular weight excluding hydrogens is 238 g/mol. The number of piperidine rings is 1. The molecule has 0 saturated carbocycles. The molecule has 1 amide bonds. The smallest absolute Gasteiger partial charge is 0.239 e. The van der Waals surface area contributed by atoms with Gasteiger partial charge in [0.15, 0.2) is 0 Å². The van der Waals surface area contributed by atoms with Crippen molar-refractivity contribution in [2.24, 2.45) is 11.7 Å². The Bertz CT molecular complexity index is 300. The summed E-state index contributed by atoms with van der Waals surface area (Å²) in [6, 6.07) is 0.267. The summed E-state index contributed by atoms with van der Waals surface area (Å²) in [6.07, 6.45) is 5.79. The molecule has 0 aromatic carbocycles. The van der Waals surface area contributed by atoms with Gasteiger partial charge in [0.25, 0.3) is 0 Å². The minimum Gasteiger partial charge on any atom is -0.340 e. The molecule has 0 spiro atoms. The first-order valence-corrected chi connectivity index (χ1v) is 7.86. The van der Waals surface area contributed by atoms with Crippen molar-refractivity contribution >= 4 is 5.91 Å². The molecule has 2 N–H and O–H groups in total. The summed E-state index contributed by atoms with van der Waals surface area (Å²) in [6.45, 7) is 8.46. The largest absolute Gasteiger partial charge is 0.340 e. The highest BCUT2D eigenvalue weighted by Crippen LogP contribution is 2.21. The van der Waals surface area contributed by atoms with E-state index in [-0.39, 0.29) is 11.9 Å². The van der Waals surface area contributed by atoms with E-state index in [1.807, 2.05) is 4.90 Å². The highest BCUT2D eigenvalue weighted by atomic mass is 16.2. The summed E-state index contributed by atoms with van der Waals surface area (Å²) in [5.41, 5.74) is 6.04. The zero-order chi connectivity index (χ0) is 13.8. The Balaban J connectivity index is 1.87. The lowest BCUT2D eigenvalue weighted by Gasteiger charge is -2.38. The van der Waals surface area contributed by atoms with Crippen LogP contribution in [0.5, 0.6) is 0 Å². The zero-order valence-corrected chi connectivity index (χ0v) is 12.5. The predicted octanol–water partition coefficient (Wildman–Crippen LogP) is 1.45. The SMILES string of the molecule is CC(C)C[C@H](N)C(=O)N1CCCC(N2CCCC2)C1. The van der Waals surface area contributed by atoms with Crippen molar-refractivity contribution in [2.45, 2.75) is 58.0 Å². The average Bonchev–Trinajstić information content (AvgIpc) is 2.91. The van der Waals surface area contributed by atoms with Crippen LogP contribution in [0.2, 0.25) is 0 Å². The molecule has 2 fully saturated rings. The molecule has 2 aliphatic heterocycles. The van der Waals surface area contributed by atoms with E-state index in [1.54, 1.807) is 0 Å². The molecule has 19 heavy (non-hydrogen) atoms. The minimum absolute atomic E-state index is 0.164. The second kappa shape index (κ2) is 6.71. The van der Waals surface area contributed by atoms with Crippen molar-refractivity contribution in [3.8, 4) is 0 Å². The van der Waals surface area contributed by atoms with Crippen LogP contribution in [0.15, 0.2) is 0 Å². The highest BCUT2D eigenvalue weighted by molar-refractivity contribution is 5.81. The lowest BCUT2D eigenvalue weighted by Crippen LogP contribution is -2.53. The number of nitrogens with two attached hydrogens (primary N) is 1. The Morgan fingerprint density at radius 2 is 1.89 bits per heavy atom. The van der Waals surface area contributed by atoms with Crippen LogP contribution < -0.4 is 5.73 Å². The first kappa shape index (κ1) is 14.8. The van der Waals surface area contributed by atoms with Gasteiger partial charge in [-0.25, -0.2) is 0 Å². The molecule has 2 rings (SSSR count). The van der Waals surface area contributed by atoms with Crippen LogP contribution in [0, 0.1) is 5.92 Å². The fourth-order valence-corrected chi connectivity index (χ4v) is 3.40. The third kappa shape index (κ3) is 3.93. The quantitative estimate of drug-likeness (QED) is 0.838. The summed E-state index contributed by atoms with van der Waals surface area (Å²) in [4.78, 5) is 17.0.